The van der Waals surface area contributed by atoms with Crippen LogP contribution in [0.15, 0.2) is 60.3 Å². The summed E-state index contributed by atoms with van der Waals surface area (Å²) >= 11 is 0. The average Bonchev–Trinajstić information content (AvgIpc) is 3.39. The number of aryl methyl sites for hydroxylation is 1. The summed E-state index contributed by atoms with van der Waals surface area (Å²) in [6.45, 7) is 29.6. The number of allylic oxidation sites excluding steroid dienone is 3. The smallest absolute Gasteiger partial charge is 0.222 e. The van der Waals surface area contributed by atoms with Gasteiger partial charge in [-0.1, -0.05) is 112 Å². The molecule has 2 aliphatic heterocycles. The fourth-order valence-electron chi connectivity index (χ4n) is 8.70. The molecule has 2 heterocycles. The molecule has 0 spiro atoms. The summed E-state index contributed by atoms with van der Waals surface area (Å²) in [6, 6.07) is 14.8. The van der Waals surface area contributed by atoms with Gasteiger partial charge in [-0.2, -0.15) is 5.26 Å². The minimum atomic E-state index is -0.0461. The number of Topliss-reactive ketones (excluding diaryl/α,β-unsaturated/α-hetero) is 1. The zero-order chi connectivity index (χ0) is 52.3. The van der Waals surface area contributed by atoms with Crippen LogP contribution in [-0.4, -0.2) is 95.4 Å². The quantitative estimate of drug-likeness (QED) is 0.0448. The molecule has 1 radical (unpaired) electrons. The Bertz CT molecular complexity index is 1860. The summed E-state index contributed by atoms with van der Waals surface area (Å²) in [4.78, 5) is 40.9. The second-order valence-electron chi connectivity index (χ2n) is 19.3. The molecule has 2 saturated heterocycles. The number of carbonyl (C=O) groups is 3. The van der Waals surface area contributed by atoms with Crippen molar-refractivity contribution in [3.8, 4) is 11.8 Å². The standard InChI is InChI=1S/C28H48N2O.C13H16N3O.C11H20N.C7H13NO2.Y/c1-6-10-11-12-14-24(13-7-2)22-29-17-19-30(20-18-29)26-15-16-27(25(9-4)21-26)28(31)23(5)8-3;1-10-9-15-5-6-16(10)12-4-3-11(8-14)13(7-12)17-2;1-4-6-7-10(3)8-9-11(12)5-2;1-6(4-3-5-9)7(10)8-2;/h15-16,21,23-24H,6-14,17-20,22H2,1-5H3;3-4,7,10H,5-6,9H2,1-2H3;5,8-10,12H,4,6-7H2,1-3H3;5-6H,3-4H2,1-2H3,(H,8,10);/q;2*-1;;/b;;9-8-,11-5+;;/t;;;6-;/m...0./s1. The van der Waals surface area contributed by atoms with Crippen molar-refractivity contribution in [2.24, 2.45) is 23.7 Å². The zero-order valence-electron chi connectivity index (χ0n) is 46.7. The van der Waals surface area contributed by atoms with E-state index in [1.165, 1.54) is 82.0 Å². The number of nitriles is 1. The number of nitrogens with one attached hydrogen (secondary N) is 2. The SMILES string of the molecule is C/C=C([NH-])\C=C/C(C)CCCC.CCCCCCC(CCC)CN1CCN(c2ccc(C(=O)C(C)CC)c(CC)c2)CC1.CNC(=O)[C@@H](C)CCC=O.COc1cc(N2CC[N-]CC2C)ccc1C#N.[Y]. The molecule has 0 bridgehead atoms. The molecular formula is C59H97N7O4Y-2. The van der Waals surface area contributed by atoms with Gasteiger partial charge in [0.15, 0.2) is 5.78 Å². The molecule has 2 aromatic rings. The van der Waals surface area contributed by atoms with Gasteiger partial charge in [-0.15, -0.1) is 24.9 Å². The Morgan fingerprint density at radius 2 is 1.58 bits per heavy atom. The Hall–Kier alpha value is -3.56. The van der Waals surface area contributed by atoms with Gasteiger partial charge in [-0.3, -0.25) is 14.5 Å². The molecule has 2 aromatic carbocycles. The number of ether oxygens (including phenoxy) is 1. The normalized spacial score (nSPS) is 16.5. The topological polar surface area (TPSA) is 144 Å². The van der Waals surface area contributed by atoms with E-state index in [1.807, 2.05) is 51.1 Å². The van der Waals surface area contributed by atoms with E-state index in [4.69, 9.17) is 15.7 Å². The van der Waals surface area contributed by atoms with E-state index in [1.54, 1.807) is 14.2 Å². The monoisotopic (exact) mass is 1060 g/mol. The van der Waals surface area contributed by atoms with Crippen LogP contribution >= 0.6 is 0 Å². The predicted molar refractivity (Wildman–Crippen MR) is 297 cm³/mol. The Kier molecular flexibility index (Phi) is 38.8. The Morgan fingerprint density at radius 1 is 0.887 bits per heavy atom. The maximum absolute atomic E-state index is 12.7. The van der Waals surface area contributed by atoms with E-state index in [9.17, 15) is 14.4 Å². The number of ketones is 1. The number of anilines is 2. The van der Waals surface area contributed by atoms with Crippen molar-refractivity contribution in [3.63, 3.8) is 0 Å². The number of benzene rings is 2. The number of methoxy groups -OCH3 is 1. The number of amides is 1. The molecule has 0 aromatic heterocycles. The van der Waals surface area contributed by atoms with Crippen LogP contribution in [0.2, 0.25) is 0 Å². The molecule has 71 heavy (non-hydrogen) atoms. The van der Waals surface area contributed by atoms with Crippen molar-refractivity contribution in [3.05, 3.63) is 88.1 Å². The number of hydrogen-bond donors (Lipinski definition) is 1. The summed E-state index contributed by atoms with van der Waals surface area (Å²) in [7, 11) is 3.19. The molecule has 1 amide bonds. The fraction of sp³-hybridized carbons (Fsp3) is 0.661. The van der Waals surface area contributed by atoms with Crippen LogP contribution < -0.4 is 19.9 Å². The van der Waals surface area contributed by atoms with Gasteiger partial charge in [0.1, 0.15) is 18.1 Å². The second-order valence-corrected chi connectivity index (χ2v) is 19.3. The maximum Gasteiger partial charge on any atom is 0.222 e. The predicted octanol–water partition coefficient (Wildman–Crippen LogP) is 13.8. The van der Waals surface area contributed by atoms with Gasteiger partial charge in [-0.05, 0) is 107 Å². The van der Waals surface area contributed by atoms with Crippen molar-refractivity contribution in [1.29, 1.82) is 5.26 Å². The van der Waals surface area contributed by atoms with Crippen LogP contribution in [0.1, 0.15) is 174 Å². The van der Waals surface area contributed by atoms with Crippen LogP contribution in [0, 0.1) is 35.0 Å². The maximum atomic E-state index is 12.7. The first kappa shape index (κ1) is 67.4. The molecule has 12 heteroatoms. The Labute approximate surface area is 458 Å². The third-order valence-corrected chi connectivity index (χ3v) is 13.6. The van der Waals surface area contributed by atoms with Gasteiger partial charge in [0, 0.05) is 120 Å². The van der Waals surface area contributed by atoms with Crippen LogP contribution in [-0.2, 0) is 48.7 Å². The van der Waals surface area contributed by atoms with E-state index in [2.05, 4.69) is 104 Å². The largest absolute Gasteiger partial charge is 0.699 e. The minimum Gasteiger partial charge on any atom is -0.699 e. The van der Waals surface area contributed by atoms with Gasteiger partial charge >= 0.3 is 0 Å². The number of nitrogens with zero attached hydrogens (tertiary/aromatic N) is 5. The number of rotatable bonds is 25. The number of carbonyl (C=O) groups excluding carboxylic acids is 3. The van der Waals surface area contributed by atoms with Crippen molar-refractivity contribution >= 4 is 29.4 Å². The molecule has 4 unspecified atom stereocenters. The first-order valence-corrected chi connectivity index (χ1v) is 27.1. The first-order chi connectivity index (χ1) is 33.7. The molecule has 0 aliphatic carbocycles. The molecule has 397 valence electrons. The minimum absolute atomic E-state index is 0. The summed E-state index contributed by atoms with van der Waals surface area (Å²) in [6.07, 6.45) is 23.0. The summed E-state index contributed by atoms with van der Waals surface area (Å²) < 4.78 is 5.23. The Morgan fingerprint density at radius 3 is 2.14 bits per heavy atom. The van der Waals surface area contributed by atoms with E-state index in [0.29, 0.717) is 47.6 Å². The van der Waals surface area contributed by atoms with Gasteiger partial charge < -0.3 is 35.7 Å². The zero-order valence-corrected chi connectivity index (χ0v) is 49.5. The van der Waals surface area contributed by atoms with E-state index in [0.717, 1.165) is 82.1 Å². The summed E-state index contributed by atoms with van der Waals surface area (Å²) in [5.74, 6) is 2.49. The molecule has 5 atom stereocenters. The van der Waals surface area contributed by atoms with Crippen LogP contribution in [0.4, 0.5) is 11.4 Å². The van der Waals surface area contributed by atoms with Gasteiger partial charge in [0.05, 0.1) is 12.7 Å². The van der Waals surface area contributed by atoms with Crippen molar-refractivity contribution in [1.82, 2.24) is 10.2 Å². The molecular weight excluding hydrogens is 960 g/mol. The van der Waals surface area contributed by atoms with Crippen molar-refractivity contribution < 1.29 is 51.8 Å². The molecule has 2 aliphatic rings. The van der Waals surface area contributed by atoms with E-state index < -0.39 is 0 Å². The van der Waals surface area contributed by atoms with Crippen LogP contribution in [0.25, 0.3) is 11.1 Å². The Balaban J connectivity index is 0.00000103. The number of hydrogen-bond acceptors (Lipinski definition) is 8. The van der Waals surface area contributed by atoms with Gasteiger partial charge in [-0.25, -0.2) is 0 Å². The molecule has 11 nitrogen and oxygen atoms in total. The number of unbranched alkanes of at least 4 members (excludes halogenated alkanes) is 4. The molecule has 4 rings (SSSR count). The van der Waals surface area contributed by atoms with Crippen LogP contribution in [0.5, 0.6) is 5.75 Å². The number of piperazine rings is 2. The number of aldehydes is 1. The molecule has 2 fully saturated rings. The third kappa shape index (κ3) is 26.8. The van der Waals surface area contributed by atoms with E-state index >= 15 is 0 Å². The fourth-order valence-corrected chi connectivity index (χ4v) is 8.70. The van der Waals surface area contributed by atoms with Crippen LogP contribution in [0.3, 0.4) is 0 Å². The van der Waals surface area contributed by atoms with E-state index in [-0.39, 0.29) is 50.5 Å². The second kappa shape index (κ2) is 40.9. The first-order valence-electron chi connectivity index (χ1n) is 27.1. The molecule has 2 N–H and O–H groups in total. The summed E-state index contributed by atoms with van der Waals surface area (Å²) in [5.41, 5.74) is 13.1. The van der Waals surface area contributed by atoms with Gasteiger partial charge in [0.2, 0.25) is 5.91 Å². The van der Waals surface area contributed by atoms with Crippen molar-refractivity contribution in [2.45, 2.75) is 165 Å². The summed E-state index contributed by atoms with van der Waals surface area (Å²) in [5, 5.41) is 15.8. The van der Waals surface area contributed by atoms with Gasteiger partial charge in [0.25, 0.3) is 0 Å². The average molecular weight is 1060 g/mol. The third-order valence-electron chi connectivity index (χ3n) is 13.6. The van der Waals surface area contributed by atoms with Crippen molar-refractivity contribution in [2.75, 3.05) is 76.3 Å². The molecule has 0 saturated carbocycles.